The highest BCUT2D eigenvalue weighted by atomic mass is 35.5. The molecule has 1 aromatic rings. The van der Waals surface area contributed by atoms with E-state index in [1.165, 1.54) is 0 Å². The van der Waals surface area contributed by atoms with Crippen molar-refractivity contribution in [2.45, 2.75) is 0 Å². The van der Waals surface area contributed by atoms with Crippen molar-refractivity contribution in [3.63, 3.8) is 0 Å². The number of guanidine groups is 1. The van der Waals surface area contributed by atoms with Gasteiger partial charge in [-0.2, -0.15) is 4.99 Å². The van der Waals surface area contributed by atoms with E-state index >= 15 is 0 Å². The summed E-state index contributed by atoms with van der Waals surface area (Å²) in [6.07, 6.45) is 0. The molecule has 5 nitrogen and oxygen atoms in total. The molecule has 1 rings (SSSR count). The Morgan fingerprint density at radius 3 is 2.25 bits per heavy atom. The van der Waals surface area contributed by atoms with Crippen LogP contribution in [-0.4, -0.2) is 5.96 Å². The minimum absolute atomic E-state index is 0.0100. The van der Waals surface area contributed by atoms with Crippen LogP contribution < -0.4 is 22.9 Å². The number of rotatable bonds is 2. The van der Waals surface area contributed by atoms with Gasteiger partial charge in [-0.1, -0.05) is 35.3 Å². The second kappa shape index (κ2) is 4.96. The molecule has 0 fully saturated rings. The number of hydrogen-bond acceptors (Lipinski definition) is 3. The summed E-state index contributed by atoms with van der Waals surface area (Å²) in [6, 6.07) is 5.00. The zero-order chi connectivity index (χ0) is 12.3. The summed E-state index contributed by atoms with van der Waals surface area (Å²) in [5.41, 5.74) is 22.3. The lowest BCUT2D eigenvalue weighted by Crippen LogP contribution is -2.24. The molecule has 0 amide bonds. The van der Waals surface area contributed by atoms with Crippen LogP contribution in [0.25, 0.3) is 5.70 Å². The number of halogens is 2. The van der Waals surface area contributed by atoms with Crippen molar-refractivity contribution in [3.05, 3.63) is 39.6 Å². The Balaban J connectivity index is 3.29. The van der Waals surface area contributed by atoms with Crippen LogP contribution in [0.15, 0.2) is 29.0 Å². The molecule has 8 N–H and O–H groups in total. The summed E-state index contributed by atoms with van der Waals surface area (Å²) < 4.78 is 0. The molecule has 0 aliphatic heterocycles. The molecule has 0 heterocycles. The standard InChI is InChI=1S/C9H11Cl2N5/c10-5-3-1-2-4(6(5)11)7(12)8(13)16-9(14)15/h1-3H,12-13H2,(H4,14,15,16)/b8-7-. The fourth-order valence-corrected chi connectivity index (χ4v) is 1.45. The third-order valence-electron chi connectivity index (χ3n) is 1.77. The Morgan fingerprint density at radius 2 is 1.69 bits per heavy atom. The van der Waals surface area contributed by atoms with Crippen LogP contribution >= 0.6 is 23.2 Å². The van der Waals surface area contributed by atoms with Crippen LogP contribution in [0.2, 0.25) is 10.0 Å². The molecule has 0 aliphatic carbocycles. The fourth-order valence-electron chi connectivity index (χ4n) is 1.05. The molecule has 16 heavy (non-hydrogen) atoms. The maximum absolute atomic E-state index is 5.96. The molecule has 0 aliphatic rings. The van der Waals surface area contributed by atoms with E-state index in [0.717, 1.165) is 0 Å². The van der Waals surface area contributed by atoms with Gasteiger partial charge in [-0.25, -0.2) is 0 Å². The maximum atomic E-state index is 5.96. The molecule has 0 spiro atoms. The Labute approximate surface area is 103 Å². The average Bonchev–Trinajstić information content (AvgIpc) is 2.20. The first kappa shape index (κ1) is 12.5. The van der Waals surface area contributed by atoms with Gasteiger partial charge in [0.2, 0.25) is 0 Å². The quantitative estimate of drug-likeness (QED) is 0.465. The van der Waals surface area contributed by atoms with E-state index in [-0.39, 0.29) is 17.5 Å². The molecule has 0 saturated carbocycles. The van der Waals surface area contributed by atoms with Crippen LogP contribution in [0.1, 0.15) is 5.56 Å². The molecule has 0 atom stereocenters. The van der Waals surface area contributed by atoms with E-state index in [0.29, 0.717) is 15.6 Å². The Bertz CT molecular complexity index is 463. The smallest absolute Gasteiger partial charge is 0.192 e. The summed E-state index contributed by atoms with van der Waals surface area (Å²) in [7, 11) is 0. The number of nitrogens with zero attached hydrogens (tertiary/aromatic N) is 1. The molecule has 0 radical (unpaired) electrons. The van der Waals surface area contributed by atoms with Gasteiger partial charge in [0, 0.05) is 5.56 Å². The van der Waals surface area contributed by atoms with Crippen molar-refractivity contribution in [1.29, 1.82) is 0 Å². The van der Waals surface area contributed by atoms with Crippen molar-refractivity contribution >= 4 is 34.9 Å². The van der Waals surface area contributed by atoms with E-state index in [1.807, 2.05) is 0 Å². The fraction of sp³-hybridized carbons (Fsp3) is 0. The van der Waals surface area contributed by atoms with Crippen LogP contribution in [0.5, 0.6) is 0 Å². The summed E-state index contributed by atoms with van der Waals surface area (Å²) >= 11 is 11.8. The first-order chi connectivity index (χ1) is 7.43. The van der Waals surface area contributed by atoms with Gasteiger partial charge < -0.3 is 22.9 Å². The number of benzene rings is 1. The van der Waals surface area contributed by atoms with Gasteiger partial charge in [-0.15, -0.1) is 0 Å². The molecule has 1 aromatic carbocycles. The lowest BCUT2D eigenvalue weighted by molar-refractivity contribution is 1.20. The monoisotopic (exact) mass is 259 g/mol. The van der Waals surface area contributed by atoms with Gasteiger partial charge in [0.15, 0.2) is 11.8 Å². The Kier molecular flexibility index (Phi) is 3.87. The van der Waals surface area contributed by atoms with Crippen molar-refractivity contribution in [1.82, 2.24) is 0 Å². The largest absolute Gasteiger partial charge is 0.395 e. The van der Waals surface area contributed by atoms with Gasteiger partial charge in [-0.05, 0) is 6.07 Å². The van der Waals surface area contributed by atoms with Gasteiger partial charge in [0.25, 0.3) is 0 Å². The normalized spacial score (nSPS) is 11.9. The average molecular weight is 260 g/mol. The molecular weight excluding hydrogens is 249 g/mol. The molecule has 0 aromatic heterocycles. The maximum Gasteiger partial charge on any atom is 0.192 e. The summed E-state index contributed by atoms with van der Waals surface area (Å²) in [5, 5.41) is 0.676. The van der Waals surface area contributed by atoms with Crippen molar-refractivity contribution in [2.75, 3.05) is 0 Å². The predicted octanol–water partition coefficient (Wildman–Crippen LogP) is 0.810. The van der Waals surface area contributed by atoms with E-state index in [2.05, 4.69) is 4.99 Å². The van der Waals surface area contributed by atoms with Gasteiger partial charge in [-0.3, -0.25) is 0 Å². The van der Waals surface area contributed by atoms with Crippen molar-refractivity contribution in [2.24, 2.45) is 27.9 Å². The SMILES string of the molecule is NC(N)=N/C(N)=C(\N)c1cccc(Cl)c1Cl. The molecule has 7 heteroatoms. The highest BCUT2D eigenvalue weighted by molar-refractivity contribution is 6.43. The molecule has 86 valence electrons. The molecule has 0 bridgehead atoms. The van der Waals surface area contributed by atoms with E-state index in [1.54, 1.807) is 18.2 Å². The highest BCUT2D eigenvalue weighted by Gasteiger charge is 2.09. The summed E-state index contributed by atoms with van der Waals surface area (Å²) in [6.45, 7) is 0. The first-order valence-corrected chi connectivity index (χ1v) is 4.98. The van der Waals surface area contributed by atoms with Crippen LogP contribution in [-0.2, 0) is 0 Å². The topological polar surface area (TPSA) is 116 Å². The zero-order valence-corrected chi connectivity index (χ0v) is 9.76. The minimum atomic E-state index is -0.182. The van der Waals surface area contributed by atoms with Crippen LogP contribution in [0, 0.1) is 0 Å². The number of nitrogens with two attached hydrogens (primary N) is 4. The lowest BCUT2D eigenvalue weighted by Gasteiger charge is -2.07. The van der Waals surface area contributed by atoms with Gasteiger partial charge >= 0.3 is 0 Å². The minimum Gasteiger partial charge on any atom is -0.395 e. The Morgan fingerprint density at radius 1 is 1.06 bits per heavy atom. The first-order valence-electron chi connectivity index (χ1n) is 4.22. The molecule has 0 unspecified atom stereocenters. The van der Waals surface area contributed by atoms with Crippen molar-refractivity contribution < 1.29 is 0 Å². The molecule has 0 saturated heterocycles. The van der Waals surface area contributed by atoms with E-state index < -0.39 is 0 Å². The van der Waals surface area contributed by atoms with E-state index in [9.17, 15) is 0 Å². The van der Waals surface area contributed by atoms with Gasteiger partial charge in [0.1, 0.15) is 0 Å². The third kappa shape index (κ3) is 2.71. The number of hydrogen-bond donors (Lipinski definition) is 4. The summed E-state index contributed by atoms with van der Waals surface area (Å²) in [4.78, 5) is 3.63. The predicted molar refractivity (Wildman–Crippen MR) is 67.6 cm³/mol. The number of aliphatic imine (C=N–C) groups is 1. The Hall–Kier alpha value is -1.59. The van der Waals surface area contributed by atoms with E-state index in [4.69, 9.17) is 46.1 Å². The van der Waals surface area contributed by atoms with Crippen molar-refractivity contribution in [3.8, 4) is 0 Å². The zero-order valence-electron chi connectivity index (χ0n) is 8.24. The summed E-state index contributed by atoms with van der Waals surface area (Å²) in [5.74, 6) is -0.192. The second-order valence-electron chi connectivity index (χ2n) is 2.94. The third-order valence-corrected chi connectivity index (χ3v) is 2.59. The van der Waals surface area contributed by atoms with Crippen LogP contribution in [0.3, 0.4) is 0 Å². The second-order valence-corrected chi connectivity index (χ2v) is 3.72. The van der Waals surface area contributed by atoms with Gasteiger partial charge in [0.05, 0.1) is 15.7 Å². The van der Waals surface area contributed by atoms with Crippen LogP contribution in [0.4, 0.5) is 0 Å². The lowest BCUT2D eigenvalue weighted by atomic mass is 10.1. The molecular formula is C9H11Cl2N5. The highest BCUT2D eigenvalue weighted by Crippen LogP contribution is 2.29.